The molecule has 3 unspecified atom stereocenters. The second-order valence-corrected chi connectivity index (χ2v) is 10.2. The van der Waals surface area contributed by atoms with Gasteiger partial charge in [0.2, 0.25) is 17.7 Å². The highest BCUT2D eigenvalue weighted by molar-refractivity contribution is 5.99. The van der Waals surface area contributed by atoms with Crippen molar-refractivity contribution < 1.29 is 24.2 Å². The SMILES string of the molecule is CCCCNC(=O)C1N([C@@H](CO)Cc2ccccc2)C(=O)[C@@H]2[C@H](C(=O)NC)[C@@]3(C)OC12CC3C. The number of likely N-dealkylation sites (tertiary alicyclic amines) is 1. The zero-order valence-electron chi connectivity index (χ0n) is 20.5. The molecule has 0 radical (unpaired) electrons. The summed E-state index contributed by atoms with van der Waals surface area (Å²) in [5.74, 6) is -2.27. The first-order chi connectivity index (χ1) is 16.2. The van der Waals surface area contributed by atoms with E-state index in [0.29, 0.717) is 19.4 Å². The predicted molar refractivity (Wildman–Crippen MR) is 127 cm³/mol. The van der Waals surface area contributed by atoms with E-state index in [1.54, 1.807) is 7.05 Å². The van der Waals surface area contributed by atoms with Crippen LogP contribution in [0.25, 0.3) is 0 Å². The summed E-state index contributed by atoms with van der Waals surface area (Å²) in [5.41, 5.74) is -0.965. The topological polar surface area (TPSA) is 108 Å². The summed E-state index contributed by atoms with van der Waals surface area (Å²) in [5, 5.41) is 16.1. The van der Waals surface area contributed by atoms with E-state index in [2.05, 4.69) is 10.6 Å². The second-order valence-electron chi connectivity index (χ2n) is 10.2. The number of fused-ring (bicyclic) bond motifs is 1. The monoisotopic (exact) mass is 471 g/mol. The molecule has 1 spiro atoms. The normalized spacial score (nSPS) is 34.7. The van der Waals surface area contributed by atoms with Crippen molar-refractivity contribution in [3.05, 3.63) is 35.9 Å². The van der Waals surface area contributed by atoms with Crippen molar-refractivity contribution in [3.63, 3.8) is 0 Å². The van der Waals surface area contributed by atoms with Gasteiger partial charge in [-0.3, -0.25) is 14.4 Å². The van der Waals surface area contributed by atoms with Gasteiger partial charge in [-0.15, -0.1) is 0 Å². The van der Waals surface area contributed by atoms with Crippen LogP contribution in [0.4, 0.5) is 0 Å². The fourth-order valence-corrected chi connectivity index (χ4v) is 6.55. The summed E-state index contributed by atoms with van der Waals surface area (Å²) in [7, 11) is 1.56. The summed E-state index contributed by atoms with van der Waals surface area (Å²) in [6.07, 6.45) is 2.67. The minimum Gasteiger partial charge on any atom is -0.394 e. The van der Waals surface area contributed by atoms with Gasteiger partial charge < -0.3 is 25.4 Å². The van der Waals surface area contributed by atoms with E-state index in [0.717, 1.165) is 18.4 Å². The van der Waals surface area contributed by atoms with E-state index >= 15 is 0 Å². The first kappa shape index (κ1) is 24.7. The quantitative estimate of drug-likeness (QED) is 0.470. The molecule has 3 N–H and O–H groups in total. The van der Waals surface area contributed by atoms with E-state index in [4.69, 9.17) is 4.74 Å². The Bertz CT molecular complexity index is 940. The molecule has 4 rings (SSSR count). The molecule has 3 aliphatic heterocycles. The first-order valence-electron chi connectivity index (χ1n) is 12.4. The lowest BCUT2D eigenvalue weighted by Crippen LogP contribution is -2.58. The molecular weight excluding hydrogens is 434 g/mol. The van der Waals surface area contributed by atoms with E-state index < -0.39 is 35.1 Å². The number of benzene rings is 1. The number of hydrogen-bond acceptors (Lipinski definition) is 5. The molecule has 3 saturated heterocycles. The molecule has 8 nitrogen and oxygen atoms in total. The van der Waals surface area contributed by atoms with Gasteiger partial charge in [0.25, 0.3) is 0 Å². The third-order valence-electron chi connectivity index (χ3n) is 8.28. The zero-order valence-corrected chi connectivity index (χ0v) is 20.5. The highest BCUT2D eigenvalue weighted by Gasteiger charge is 2.80. The molecule has 3 aliphatic rings. The Kier molecular flexibility index (Phi) is 6.75. The third kappa shape index (κ3) is 3.62. The van der Waals surface area contributed by atoms with Crippen LogP contribution in [0.1, 0.15) is 45.6 Å². The van der Waals surface area contributed by atoms with Crippen molar-refractivity contribution in [2.45, 2.75) is 69.7 Å². The summed E-state index contributed by atoms with van der Waals surface area (Å²) < 4.78 is 6.64. The number of amides is 3. The second kappa shape index (κ2) is 9.30. The number of nitrogens with one attached hydrogen (secondary N) is 2. The molecule has 34 heavy (non-hydrogen) atoms. The van der Waals surface area contributed by atoms with Crippen LogP contribution in [0.5, 0.6) is 0 Å². The number of carbonyl (C=O) groups excluding carboxylic acids is 3. The zero-order chi connectivity index (χ0) is 24.7. The van der Waals surface area contributed by atoms with Crippen molar-refractivity contribution >= 4 is 17.7 Å². The number of hydrogen-bond donors (Lipinski definition) is 3. The Morgan fingerprint density at radius 3 is 2.59 bits per heavy atom. The molecule has 2 bridgehead atoms. The molecule has 3 amide bonds. The van der Waals surface area contributed by atoms with Gasteiger partial charge in [0.05, 0.1) is 30.1 Å². The van der Waals surface area contributed by atoms with Crippen molar-refractivity contribution in [1.82, 2.24) is 15.5 Å². The largest absolute Gasteiger partial charge is 0.394 e. The Morgan fingerprint density at radius 2 is 1.97 bits per heavy atom. The number of rotatable bonds is 9. The number of carbonyl (C=O) groups is 3. The first-order valence-corrected chi connectivity index (χ1v) is 12.4. The van der Waals surface area contributed by atoms with Gasteiger partial charge in [-0.2, -0.15) is 0 Å². The van der Waals surface area contributed by atoms with Crippen LogP contribution >= 0.6 is 0 Å². The third-order valence-corrected chi connectivity index (χ3v) is 8.28. The Balaban J connectivity index is 1.77. The van der Waals surface area contributed by atoms with Crippen molar-refractivity contribution in [3.8, 4) is 0 Å². The Morgan fingerprint density at radius 1 is 1.26 bits per heavy atom. The highest BCUT2D eigenvalue weighted by Crippen LogP contribution is 2.65. The maximum atomic E-state index is 14.1. The molecule has 3 heterocycles. The Labute approximate surface area is 201 Å². The van der Waals surface area contributed by atoms with E-state index in [1.165, 1.54) is 4.90 Å². The lowest BCUT2D eigenvalue weighted by Gasteiger charge is -2.37. The molecule has 0 saturated carbocycles. The average Bonchev–Trinajstić information content (AvgIpc) is 3.34. The molecule has 1 aromatic carbocycles. The minimum atomic E-state index is -1.09. The number of aliphatic hydroxyl groups excluding tert-OH is 1. The lowest BCUT2D eigenvalue weighted by molar-refractivity contribution is -0.150. The Hall–Kier alpha value is -2.45. The summed E-state index contributed by atoms with van der Waals surface area (Å²) in [6, 6.07) is 8.11. The molecule has 7 atom stereocenters. The van der Waals surface area contributed by atoms with E-state index in [9.17, 15) is 19.5 Å². The van der Waals surface area contributed by atoms with E-state index in [-0.39, 0.29) is 30.2 Å². The molecule has 1 aromatic rings. The van der Waals surface area contributed by atoms with Crippen LogP contribution in [-0.2, 0) is 25.5 Å². The highest BCUT2D eigenvalue weighted by atomic mass is 16.5. The van der Waals surface area contributed by atoms with Crippen LogP contribution in [0, 0.1) is 17.8 Å². The van der Waals surface area contributed by atoms with Gasteiger partial charge in [-0.05, 0) is 37.7 Å². The van der Waals surface area contributed by atoms with Gasteiger partial charge in [0.1, 0.15) is 11.6 Å². The van der Waals surface area contributed by atoms with Crippen LogP contribution in [0.3, 0.4) is 0 Å². The van der Waals surface area contributed by atoms with Gasteiger partial charge in [0.15, 0.2) is 0 Å². The molecule has 186 valence electrons. The summed E-state index contributed by atoms with van der Waals surface area (Å²) >= 11 is 0. The van der Waals surface area contributed by atoms with Crippen molar-refractivity contribution in [2.24, 2.45) is 17.8 Å². The molecule has 0 aliphatic carbocycles. The standard InChI is InChI=1S/C26H37N3O5/c1-5-6-12-28-23(32)21-26-14-16(2)25(3,34-26)19(22(31)27-4)20(26)24(33)29(21)18(15-30)13-17-10-8-7-9-11-17/h7-11,16,18-21,30H,5-6,12-15H2,1-4H3,(H,27,31)(H,28,32)/t16?,18-,19-,20+,21?,25+,26?/m1/s1. The number of aliphatic hydroxyl groups is 1. The van der Waals surface area contributed by atoms with Gasteiger partial charge in [-0.1, -0.05) is 50.6 Å². The number of ether oxygens (including phenoxy) is 1. The molecule has 0 aromatic heterocycles. The van der Waals surface area contributed by atoms with Crippen molar-refractivity contribution in [1.29, 1.82) is 0 Å². The predicted octanol–water partition coefficient (Wildman–Crippen LogP) is 1.26. The molecular formula is C26H37N3O5. The number of unbranched alkanes of at least 4 members (excludes halogenated alkanes) is 1. The number of nitrogens with zero attached hydrogens (tertiary/aromatic N) is 1. The van der Waals surface area contributed by atoms with Gasteiger partial charge in [-0.25, -0.2) is 0 Å². The minimum absolute atomic E-state index is 0.00792. The fraction of sp³-hybridized carbons (Fsp3) is 0.654. The molecule has 3 fully saturated rings. The lowest BCUT2D eigenvalue weighted by atomic mass is 9.62. The smallest absolute Gasteiger partial charge is 0.245 e. The van der Waals surface area contributed by atoms with Crippen LogP contribution in [0.15, 0.2) is 30.3 Å². The maximum absolute atomic E-state index is 14.1. The van der Waals surface area contributed by atoms with Gasteiger partial charge in [0, 0.05) is 13.6 Å². The van der Waals surface area contributed by atoms with Gasteiger partial charge >= 0.3 is 0 Å². The summed E-state index contributed by atoms with van der Waals surface area (Å²) in [4.78, 5) is 42.3. The maximum Gasteiger partial charge on any atom is 0.245 e. The fourth-order valence-electron chi connectivity index (χ4n) is 6.55. The van der Waals surface area contributed by atoms with Crippen LogP contribution < -0.4 is 10.6 Å². The van der Waals surface area contributed by atoms with E-state index in [1.807, 2.05) is 51.1 Å². The van der Waals surface area contributed by atoms with Crippen molar-refractivity contribution in [2.75, 3.05) is 20.2 Å². The van der Waals surface area contributed by atoms with Crippen LogP contribution in [0.2, 0.25) is 0 Å². The summed E-state index contributed by atoms with van der Waals surface area (Å²) in [6.45, 7) is 6.17. The van der Waals surface area contributed by atoms with Crippen LogP contribution in [-0.4, -0.2) is 71.2 Å². The average molecular weight is 472 g/mol. The molecule has 8 heteroatoms.